The van der Waals surface area contributed by atoms with Crippen molar-refractivity contribution in [3.63, 3.8) is 0 Å². The van der Waals surface area contributed by atoms with Crippen molar-refractivity contribution in [2.24, 2.45) is 0 Å². The summed E-state index contributed by atoms with van der Waals surface area (Å²) in [5, 5.41) is 0. The summed E-state index contributed by atoms with van der Waals surface area (Å²) in [7, 11) is -0.310. The summed E-state index contributed by atoms with van der Waals surface area (Å²) in [5.41, 5.74) is 0.118. The standard InChI is InChI=1S/C13H18FNO3S/c1-13(2,3)19(17)15-11(12(16)18-4)9-7-5-6-8-10(9)14/h5-8,11,15H,1-4H3/t11-,19-/m1/s1. The zero-order valence-corrected chi connectivity index (χ0v) is 12.2. The topological polar surface area (TPSA) is 55.4 Å². The number of halogens is 1. The maximum atomic E-state index is 13.7. The van der Waals surface area contributed by atoms with E-state index >= 15 is 0 Å². The van der Waals surface area contributed by atoms with Gasteiger partial charge in [0.15, 0.2) is 0 Å². The molecular weight excluding hydrogens is 269 g/mol. The zero-order valence-electron chi connectivity index (χ0n) is 11.4. The first kappa shape index (κ1) is 15.8. The largest absolute Gasteiger partial charge is 0.468 e. The van der Waals surface area contributed by atoms with E-state index in [1.165, 1.54) is 25.3 Å². The maximum absolute atomic E-state index is 13.7. The molecule has 1 aromatic rings. The molecule has 1 rings (SSSR count). The van der Waals surface area contributed by atoms with Gasteiger partial charge in [0.1, 0.15) is 11.9 Å². The van der Waals surface area contributed by atoms with Gasteiger partial charge < -0.3 is 4.74 Å². The fourth-order valence-corrected chi connectivity index (χ4v) is 2.14. The van der Waals surface area contributed by atoms with Gasteiger partial charge in [0.25, 0.3) is 0 Å². The number of hydrogen-bond donors (Lipinski definition) is 1. The minimum absolute atomic E-state index is 0.118. The number of esters is 1. The molecule has 0 bridgehead atoms. The molecule has 1 N–H and O–H groups in total. The molecule has 0 heterocycles. The number of methoxy groups -OCH3 is 1. The van der Waals surface area contributed by atoms with Gasteiger partial charge in [-0.2, -0.15) is 0 Å². The van der Waals surface area contributed by atoms with Gasteiger partial charge in [0.05, 0.1) is 22.8 Å². The first-order valence-electron chi connectivity index (χ1n) is 5.77. The van der Waals surface area contributed by atoms with Gasteiger partial charge >= 0.3 is 5.97 Å². The molecule has 2 atom stereocenters. The fourth-order valence-electron chi connectivity index (χ4n) is 1.35. The molecule has 4 nitrogen and oxygen atoms in total. The average molecular weight is 287 g/mol. The summed E-state index contributed by atoms with van der Waals surface area (Å²) >= 11 is 0. The lowest BCUT2D eigenvalue weighted by atomic mass is 10.1. The second-order valence-electron chi connectivity index (χ2n) is 4.98. The monoisotopic (exact) mass is 287 g/mol. The van der Waals surface area contributed by atoms with Crippen LogP contribution in [0.5, 0.6) is 0 Å². The number of hydrogen-bond acceptors (Lipinski definition) is 3. The first-order chi connectivity index (χ1) is 8.77. The number of benzene rings is 1. The molecule has 0 fully saturated rings. The highest BCUT2D eigenvalue weighted by atomic mass is 32.2. The highest BCUT2D eigenvalue weighted by molar-refractivity contribution is 7.84. The smallest absolute Gasteiger partial charge is 0.328 e. The number of ether oxygens (including phenoxy) is 1. The molecule has 19 heavy (non-hydrogen) atoms. The van der Waals surface area contributed by atoms with E-state index in [9.17, 15) is 13.4 Å². The van der Waals surface area contributed by atoms with Crippen LogP contribution in [0.25, 0.3) is 0 Å². The zero-order chi connectivity index (χ0) is 14.6. The van der Waals surface area contributed by atoms with Crippen LogP contribution in [-0.2, 0) is 20.5 Å². The number of carbonyl (C=O) groups is 1. The van der Waals surface area contributed by atoms with Crippen molar-refractivity contribution in [3.8, 4) is 0 Å². The Morgan fingerprint density at radius 3 is 2.42 bits per heavy atom. The molecule has 0 saturated carbocycles. The van der Waals surface area contributed by atoms with Gasteiger partial charge in [-0.1, -0.05) is 18.2 Å². The van der Waals surface area contributed by atoms with Crippen LogP contribution in [0.3, 0.4) is 0 Å². The Labute approximate surface area is 114 Å². The molecule has 0 radical (unpaired) electrons. The molecule has 0 unspecified atom stereocenters. The summed E-state index contributed by atoms with van der Waals surface area (Å²) in [6.07, 6.45) is 0. The van der Waals surface area contributed by atoms with E-state index in [2.05, 4.69) is 9.46 Å². The molecule has 0 amide bonds. The van der Waals surface area contributed by atoms with Crippen LogP contribution in [-0.4, -0.2) is 22.0 Å². The van der Waals surface area contributed by atoms with Crippen LogP contribution in [0, 0.1) is 5.82 Å². The molecule has 1 aromatic carbocycles. The van der Waals surface area contributed by atoms with Crippen LogP contribution in [0.15, 0.2) is 24.3 Å². The Bertz CT molecular complexity index is 485. The van der Waals surface area contributed by atoms with Gasteiger partial charge in [-0.3, -0.25) is 0 Å². The molecule has 0 saturated heterocycles. The van der Waals surface area contributed by atoms with Crippen LogP contribution in [0.1, 0.15) is 32.4 Å². The van der Waals surface area contributed by atoms with E-state index < -0.39 is 33.6 Å². The lowest BCUT2D eigenvalue weighted by molar-refractivity contribution is -0.142. The van der Waals surface area contributed by atoms with Gasteiger partial charge in [0, 0.05) is 5.56 Å². The van der Waals surface area contributed by atoms with Gasteiger partial charge in [-0.05, 0) is 26.8 Å². The molecule has 0 aromatic heterocycles. The van der Waals surface area contributed by atoms with E-state index in [0.717, 1.165) is 0 Å². The number of nitrogens with one attached hydrogen (secondary N) is 1. The summed E-state index contributed by atoms with van der Waals surface area (Å²) in [6, 6.07) is 4.74. The van der Waals surface area contributed by atoms with Crippen molar-refractivity contribution in [1.82, 2.24) is 4.72 Å². The van der Waals surface area contributed by atoms with Crippen molar-refractivity contribution in [1.29, 1.82) is 0 Å². The molecule has 0 spiro atoms. The Hall–Kier alpha value is -1.27. The highest BCUT2D eigenvalue weighted by Gasteiger charge is 2.30. The molecule has 106 valence electrons. The summed E-state index contributed by atoms with van der Waals surface area (Å²) < 4.78 is 32.5. The van der Waals surface area contributed by atoms with Crippen LogP contribution in [0.4, 0.5) is 4.39 Å². The third-order valence-corrected chi connectivity index (χ3v) is 4.00. The lowest BCUT2D eigenvalue weighted by Gasteiger charge is -2.23. The second-order valence-corrected chi connectivity index (χ2v) is 6.97. The Kier molecular flexibility index (Phi) is 5.20. The molecule has 0 aliphatic heterocycles. The van der Waals surface area contributed by atoms with Crippen molar-refractivity contribution < 1.29 is 18.1 Å². The fraction of sp³-hybridized carbons (Fsp3) is 0.462. The highest BCUT2D eigenvalue weighted by Crippen LogP contribution is 2.21. The van der Waals surface area contributed by atoms with Crippen LogP contribution >= 0.6 is 0 Å². The Balaban J connectivity index is 3.07. The molecule has 0 aliphatic rings. The third kappa shape index (κ3) is 4.11. The van der Waals surface area contributed by atoms with Crippen LogP contribution in [0.2, 0.25) is 0 Å². The maximum Gasteiger partial charge on any atom is 0.328 e. The van der Waals surface area contributed by atoms with Gasteiger partial charge in [-0.15, -0.1) is 0 Å². The van der Waals surface area contributed by atoms with Crippen molar-refractivity contribution in [3.05, 3.63) is 35.6 Å². The predicted molar refractivity (Wildman–Crippen MR) is 72.2 cm³/mol. The van der Waals surface area contributed by atoms with Gasteiger partial charge in [-0.25, -0.2) is 18.1 Å². The van der Waals surface area contributed by atoms with Gasteiger partial charge in [0.2, 0.25) is 0 Å². The molecular formula is C13H18FNO3S. The van der Waals surface area contributed by atoms with Crippen LogP contribution < -0.4 is 4.72 Å². The normalized spacial score (nSPS) is 14.8. The minimum atomic E-state index is -1.52. The molecule has 0 aliphatic carbocycles. The predicted octanol–water partition coefficient (Wildman–Crippen LogP) is 2.09. The van der Waals surface area contributed by atoms with E-state index in [4.69, 9.17) is 0 Å². The summed E-state index contributed by atoms with van der Waals surface area (Å²) in [6.45, 7) is 5.27. The van der Waals surface area contributed by atoms with E-state index in [0.29, 0.717) is 0 Å². The van der Waals surface area contributed by atoms with E-state index in [1.54, 1.807) is 26.8 Å². The quantitative estimate of drug-likeness (QED) is 0.863. The van der Waals surface area contributed by atoms with Crippen molar-refractivity contribution in [2.45, 2.75) is 31.6 Å². The average Bonchev–Trinajstić information content (AvgIpc) is 2.34. The Morgan fingerprint density at radius 2 is 1.95 bits per heavy atom. The number of carbonyl (C=O) groups excluding carboxylic acids is 1. The third-order valence-electron chi connectivity index (χ3n) is 2.43. The van der Waals surface area contributed by atoms with Crippen molar-refractivity contribution >= 4 is 17.0 Å². The summed E-state index contributed by atoms with van der Waals surface area (Å²) in [5.74, 6) is -1.22. The van der Waals surface area contributed by atoms with E-state index in [1.807, 2.05) is 0 Å². The SMILES string of the molecule is COC(=O)[C@H](N[S@](=O)C(C)(C)C)c1ccccc1F. The Morgan fingerprint density at radius 1 is 1.37 bits per heavy atom. The first-order valence-corrected chi connectivity index (χ1v) is 6.92. The lowest BCUT2D eigenvalue weighted by Crippen LogP contribution is -2.39. The molecule has 6 heteroatoms. The van der Waals surface area contributed by atoms with Crippen molar-refractivity contribution in [2.75, 3.05) is 7.11 Å². The number of rotatable bonds is 4. The summed E-state index contributed by atoms with van der Waals surface area (Å²) in [4.78, 5) is 11.7. The second kappa shape index (κ2) is 6.25. The minimum Gasteiger partial charge on any atom is -0.468 e. The van der Waals surface area contributed by atoms with E-state index in [-0.39, 0.29) is 5.56 Å².